The van der Waals surface area contributed by atoms with E-state index in [2.05, 4.69) is 45.5 Å². The lowest BCUT2D eigenvalue weighted by atomic mass is 10.0. The van der Waals surface area contributed by atoms with E-state index in [-0.39, 0.29) is 6.04 Å². The monoisotopic (exact) mass is 295 g/mol. The van der Waals surface area contributed by atoms with E-state index in [0.29, 0.717) is 0 Å². The van der Waals surface area contributed by atoms with Crippen molar-refractivity contribution >= 4 is 15.9 Å². The molecular formula is C14H18BrNO. The molecule has 0 bridgehead atoms. The highest BCUT2D eigenvalue weighted by Crippen LogP contribution is 2.19. The van der Waals surface area contributed by atoms with Gasteiger partial charge in [0.2, 0.25) is 0 Å². The van der Waals surface area contributed by atoms with E-state index < -0.39 is 0 Å². The van der Waals surface area contributed by atoms with Crippen molar-refractivity contribution < 1.29 is 4.74 Å². The van der Waals surface area contributed by atoms with Gasteiger partial charge in [0.05, 0.1) is 12.6 Å². The second-order valence-corrected chi connectivity index (χ2v) is 5.19. The first-order valence-electron chi connectivity index (χ1n) is 6.04. The maximum Gasteiger partial charge on any atom is 0.109 e. The normalized spacial score (nSPS) is 17.2. The molecule has 17 heavy (non-hydrogen) atoms. The molecule has 0 saturated heterocycles. The van der Waals surface area contributed by atoms with Crippen LogP contribution in [0.2, 0.25) is 0 Å². The van der Waals surface area contributed by atoms with Gasteiger partial charge in [-0.25, -0.2) is 0 Å². The van der Waals surface area contributed by atoms with Gasteiger partial charge in [-0.15, -0.1) is 0 Å². The third kappa shape index (κ3) is 3.58. The summed E-state index contributed by atoms with van der Waals surface area (Å²) < 4.78 is 6.85. The Morgan fingerprint density at radius 3 is 3.00 bits per heavy atom. The standard InChI is InChI=1S/C14H18BrNO/c1-16-13(14-7-2-3-8-17-14)10-11-5-4-6-12(15)9-11/h4-7,9,13,16H,2-3,8,10H2,1H3. The van der Waals surface area contributed by atoms with Crippen LogP contribution in [0.1, 0.15) is 18.4 Å². The number of hydrogen-bond acceptors (Lipinski definition) is 2. The molecule has 0 saturated carbocycles. The quantitative estimate of drug-likeness (QED) is 0.920. The van der Waals surface area contributed by atoms with Gasteiger partial charge < -0.3 is 10.1 Å². The Balaban J connectivity index is 2.06. The van der Waals surface area contributed by atoms with E-state index in [4.69, 9.17) is 4.74 Å². The number of nitrogens with one attached hydrogen (secondary N) is 1. The fourth-order valence-electron chi connectivity index (χ4n) is 2.06. The van der Waals surface area contributed by atoms with Crippen LogP contribution >= 0.6 is 15.9 Å². The molecule has 3 heteroatoms. The zero-order valence-corrected chi connectivity index (χ0v) is 11.7. The Morgan fingerprint density at radius 1 is 1.47 bits per heavy atom. The Hall–Kier alpha value is -0.800. The van der Waals surface area contributed by atoms with Crippen LogP contribution < -0.4 is 5.32 Å². The van der Waals surface area contributed by atoms with Crippen LogP contribution in [0.4, 0.5) is 0 Å². The molecular weight excluding hydrogens is 278 g/mol. The molecule has 1 heterocycles. The molecule has 2 rings (SSSR count). The smallest absolute Gasteiger partial charge is 0.109 e. The third-order valence-electron chi connectivity index (χ3n) is 2.98. The van der Waals surface area contributed by atoms with Gasteiger partial charge in [0.15, 0.2) is 0 Å². The van der Waals surface area contributed by atoms with Crippen molar-refractivity contribution in [1.29, 1.82) is 0 Å². The van der Waals surface area contributed by atoms with Crippen LogP contribution in [0.25, 0.3) is 0 Å². The van der Waals surface area contributed by atoms with Gasteiger partial charge in [0, 0.05) is 4.47 Å². The molecule has 1 aliphatic rings. The number of likely N-dealkylation sites (N-methyl/N-ethyl adjacent to an activating group) is 1. The molecule has 0 amide bonds. The number of hydrogen-bond donors (Lipinski definition) is 1. The van der Waals surface area contributed by atoms with Gasteiger partial charge in [-0.2, -0.15) is 0 Å². The molecule has 1 aromatic rings. The predicted molar refractivity (Wildman–Crippen MR) is 74.0 cm³/mol. The van der Waals surface area contributed by atoms with Gasteiger partial charge in [-0.1, -0.05) is 28.1 Å². The summed E-state index contributed by atoms with van der Waals surface area (Å²) in [6, 6.07) is 8.72. The zero-order chi connectivity index (χ0) is 12.1. The van der Waals surface area contributed by atoms with Crippen molar-refractivity contribution in [3.63, 3.8) is 0 Å². The Labute approximate surface area is 111 Å². The Morgan fingerprint density at radius 2 is 2.35 bits per heavy atom. The van der Waals surface area contributed by atoms with Crippen molar-refractivity contribution in [2.24, 2.45) is 0 Å². The van der Waals surface area contributed by atoms with Crippen molar-refractivity contribution in [2.75, 3.05) is 13.7 Å². The van der Waals surface area contributed by atoms with Gasteiger partial charge in [-0.3, -0.25) is 0 Å². The fraction of sp³-hybridized carbons (Fsp3) is 0.429. The molecule has 0 fully saturated rings. The summed E-state index contributed by atoms with van der Waals surface area (Å²) in [4.78, 5) is 0. The molecule has 92 valence electrons. The van der Waals surface area contributed by atoms with Crippen LogP contribution in [0.5, 0.6) is 0 Å². The molecule has 0 aromatic heterocycles. The fourth-order valence-corrected chi connectivity index (χ4v) is 2.51. The SMILES string of the molecule is CNC(Cc1cccc(Br)c1)C1=CCCCO1. The lowest BCUT2D eigenvalue weighted by Crippen LogP contribution is -2.32. The molecule has 0 spiro atoms. The molecule has 1 unspecified atom stereocenters. The Kier molecular flexibility index (Phi) is 4.63. The van der Waals surface area contributed by atoms with Crippen LogP contribution in [-0.2, 0) is 11.2 Å². The van der Waals surface area contributed by atoms with Gasteiger partial charge in [0.1, 0.15) is 5.76 Å². The van der Waals surface area contributed by atoms with E-state index >= 15 is 0 Å². The highest BCUT2D eigenvalue weighted by molar-refractivity contribution is 9.10. The summed E-state index contributed by atoms with van der Waals surface area (Å²) in [5, 5.41) is 3.33. The summed E-state index contributed by atoms with van der Waals surface area (Å²) in [6.07, 6.45) is 5.44. The van der Waals surface area contributed by atoms with E-state index in [1.807, 2.05) is 13.1 Å². The molecule has 1 aliphatic heterocycles. The Bertz CT molecular complexity index is 403. The summed E-state index contributed by atoms with van der Waals surface area (Å²) in [6.45, 7) is 0.850. The minimum Gasteiger partial charge on any atom is -0.497 e. The summed E-state index contributed by atoms with van der Waals surface area (Å²) in [7, 11) is 1.99. The van der Waals surface area contributed by atoms with Crippen molar-refractivity contribution in [3.8, 4) is 0 Å². The molecule has 1 atom stereocenters. The molecule has 0 radical (unpaired) electrons. The highest BCUT2D eigenvalue weighted by atomic mass is 79.9. The average Bonchev–Trinajstić information content (AvgIpc) is 2.37. The van der Waals surface area contributed by atoms with Crippen LogP contribution in [0.3, 0.4) is 0 Å². The molecule has 1 N–H and O–H groups in total. The number of benzene rings is 1. The number of halogens is 1. The maximum atomic E-state index is 5.72. The minimum absolute atomic E-state index is 0.282. The van der Waals surface area contributed by atoms with Crippen molar-refractivity contribution in [2.45, 2.75) is 25.3 Å². The van der Waals surface area contributed by atoms with E-state index in [0.717, 1.165) is 36.1 Å². The lowest BCUT2D eigenvalue weighted by Gasteiger charge is -2.23. The van der Waals surface area contributed by atoms with E-state index in [9.17, 15) is 0 Å². The van der Waals surface area contributed by atoms with Crippen LogP contribution in [-0.4, -0.2) is 19.7 Å². The van der Waals surface area contributed by atoms with Gasteiger partial charge in [0.25, 0.3) is 0 Å². The predicted octanol–water partition coefficient (Wildman–Crippen LogP) is 3.27. The zero-order valence-electron chi connectivity index (χ0n) is 10.1. The highest BCUT2D eigenvalue weighted by Gasteiger charge is 2.16. The number of rotatable bonds is 4. The average molecular weight is 296 g/mol. The topological polar surface area (TPSA) is 21.3 Å². The first-order valence-corrected chi connectivity index (χ1v) is 6.83. The molecule has 2 nitrogen and oxygen atoms in total. The van der Waals surface area contributed by atoms with Crippen LogP contribution in [0, 0.1) is 0 Å². The lowest BCUT2D eigenvalue weighted by molar-refractivity contribution is 0.169. The first kappa shape index (κ1) is 12.7. The van der Waals surface area contributed by atoms with E-state index in [1.54, 1.807) is 0 Å². The van der Waals surface area contributed by atoms with Crippen LogP contribution in [0.15, 0.2) is 40.6 Å². The van der Waals surface area contributed by atoms with E-state index in [1.165, 1.54) is 5.56 Å². The third-order valence-corrected chi connectivity index (χ3v) is 3.48. The number of allylic oxidation sites excluding steroid dienone is 1. The molecule has 1 aromatic carbocycles. The van der Waals surface area contributed by atoms with Crippen molar-refractivity contribution in [3.05, 3.63) is 46.1 Å². The largest absolute Gasteiger partial charge is 0.497 e. The number of ether oxygens (including phenoxy) is 1. The van der Waals surface area contributed by atoms with Crippen molar-refractivity contribution in [1.82, 2.24) is 5.32 Å². The minimum atomic E-state index is 0.282. The maximum absolute atomic E-state index is 5.72. The summed E-state index contributed by atoms with van der Waals surface area (Å²) >= 11 is 3.50. The first-order chi connectivity index (χ1) is 8.29. The second-order valence-electron chi connectivity index (χ2n) is 4.27. The second kappa shape index (κ2) is 6.22. The van der Waals surface area contributed by atoms with Gasteiger partial charge in [-0.05, 0) is 50.1 Å². The van der Waals surface area contributed by atoms with Gasteiger partial charge >= 0.3 is 0 Å². The summed E-state index contributed by atoms with van der Waals surface area (Å²) in [5.74, 6) is 1.10. The molecule has 0 aliphatic carbocycles. The summed E-state index contributed by atoms with van der Waals surface area (Å²) in [5.41, 5.74) is 1.31.